The van der Waals surface area contributed by atoms with Gasteiger partial charge in [-0.3, -0.25) is 52.7 Å². The van der Waals surface area contributed by atoms with Crippen molar-refractivity contribution in [3.63, 3.8) is 0 Å². The third kappa shape index (κ3) is 26.7. The average molecular weight is 1070 g/mol. The summed E-state index contributed by atoms with van der Waals surface area (Å²) in [6.45, 7) is 1.04. The topological polar surface area (TPSA) is 455 Å². The van der Waals surface area contributed by atoms with Crippen molar-refractivity contribution >= 4 is 65.0 Å². The second-order valence-electron chi connectivity index (χ2n) is 18.0. The molecule has 0 aliphatic rings. The van der Waals surface area contributed by atoms with Crippen LogP contribution in [0.25, 0.3) is 0 Å². The van der Waals surface area contributed by atoms with E-state index in [1.165, 1.54) is 32.8 Å². The molecule has 0 bridgehead atoms. The standard InChI is InChI=1S/C48H79N11O16/c1-5-6-7-8-9-10-11-12-13-14-29(49)22-39(65)53-34(24-40(66)75-4)46(71)55-32(21-28-15-17-30(74-3)18-16-28)44(69)56-33(23-38(51)64)45(70)58-35(25-60)47(72)54-31(19-20-37(50)63)43(68)57-36(26-61)48(73)59-41(27(2)62)42(52)67/h15-18,27,29,31-36,41,60-62H,5-14,19-26,49H2,1-4H3,(H2,50,63)(H2,51,64)(H2,52,67)(H,53,65)(H,54,72)(H,55,71)(H,56,69)(H,57,68)(H,58,70)(H,59,73)/t27-,29?,31+,32+,33+,34+,35+,36+,41+/m1/s1. The summed E-state index contributed by atoms with van der Waals surface area (Å²) in [5, 5.41) is 45.6. The van der Waals surface area contributed by atoms with Crippen molar-refractivity contribution in [2.24, 2.45) is 22.9 Å². The predicted octanol–water partition coefficient (Wildman–Crippen LogP) is -4.18. The van der Waals surface area contributed by atoms with Gasteiger partial charge >= 0.3 is 5.97 Å². The quantitative estimate of drug-likeness (QED) is 0.0220. The Morgan fingerprint density at radius 2 is 1.00 bits per heavy atom. The number of ether oxygens (including phenoxy) is 2. The monoisotopic (exact) mass is 1070 g/mol. The van der Waals surface area contributed by atoms with Gasteiger partial charge in [0.15, 0.2) is 0 Å². The summed E-state index contributed by atoms with van der Waals surface area (Å²) >= 11 is 0. The second-order valence-corrected chi connectivity index (χ2v) is 18.0. The molecule has 27 heteroatoms. The van der Waals surface area contributed by atoms with E-state index in [1.807, 2.05) is 0 Å². The molecule has 18 N–H and O–H groups in total. The molecule has 1 rings (SSSR count). The summed E-state index contributed by atoms with van der Waals surface area (Å²) in [4.78, 5) is 143. The summed E-state index contributed by atoms with van der Waals surface area (Å²) in [6, 6.07) is -6.61. The van der Waals surface area contributed by atoms with Crippen LogP contribution in [0.2, 0.25) is 0 Å². The van der Waals surface area contributed by atoms with Crippen molar-refractivity contribution in [1.29, 1.82) is 0 Å². The fourth-order valence-electron chi connectivity index (χ4n) is 7.38. The molecule has 1 unspecified atom stereocenters. The van der Waals surface area contributed by atoms with E-state index in [2.05, 4.69) is 44.1 Å². The zero-order valence-electron chi connectivity index (χ0n) is 43.2. The minimum atomic E-state index is -1.95. The molecule has 0 aliphatic carbocycles. The third-order valence-electron chi connectivity index (χ3n) is 11.7. The molecule has 1 aromatic rings. The first-order valence-electron chi connectivity index (χ1n) is 24.8. The third-order valence-corrected chi connectivity index (χ3v) is 11.7. The molecule has 0 aliphatic heterocycles. The van der Waals surface area contributed by atoms with Crippen LogP contribution in [-0.2, 0) is 63.9 Å². The first kappa shape index (κ1) is 66.0. The maximum absolute atomic E-state index is 14.1. The van der Waals surface area contributed by atoms with Crippen molar-refractivity contribution in [3.8, 4) is 5.75 Å². The molecule has 0 saturated heterocycles. The summed E-state index contributed by atoms with van der Waals surface area (Å²) < 4.78 is 9.96. The Kier molecular flexibility index (Phi) is 31.8. The van der Waals surface area contributed by atoms with E-state index in [1.54, 1.807) is 24.3 Å². The number of aliphatic hydroxyl groups excluding tert-OH is 3. The fraction of sp³-hybridized carbons (Fsp3) is 0.646. The van der Waals surface area contributed by atoms with E-state index in [4.69, 9.17) is 32.4 Å². The Morgan fingerprint density at radius 1 is 0.547 bits per heavy atom. The number of amides is 10. The molecule has 0 saturated carbocycles. The van der Waals surface area contributed by atoms with E-state index in [0.29, 0.717) is 17.7 Å². The smallest absolute Gasteiger partial charge is 0.308 e. The Balaban J connectivity index is 3.36. The number of methoxy groups -OCH3 is 2. The van der Waals surface area contributed by atoms with Gasteiger partial charge < -0.3 is 84.9 Å². The van der Waals surface area contributed by atoms with Crippen LogP contribution < -0.4 is 64.9 Å². The molecule has 422 valence electrons. The Morgan fingerprint density at radius 3 is 1.48 bits per heavy atom. The first-order valence-corrected chi connectivity index (χ1v) is 24.8. The highest BCUT2D eigenvalue weighted by atomic mass is 16.5. The van der Waals surface area contributed by atoms with Crippen LogP contribution in [0.1, 0.15) is 116 Å². The van der Waals surface area contributed by atoms with E-state index in [0.717, 1.165) is 46.1 Å². The zero-order valence-corrected chi connectivity index (χ0v) is 43.2. The van der Waals surface area contributed by atoms with Crippen LogP contribution in [0, 0.1) is 0 Å². The van der Waals surface area contributed by atoms with Gasteiger partial charge in [0.1, 0.15) is 48.0 Å². The number of aliphatic hydroxyl groups is 3. The van der Waals surface area contributed by atoms with Gasteiger partial charge in [-0.2, -0.15) is 0 Å². The van der Waals surface area contributed by atoms with Crippen molar-refractivity contribution in [1.82, 2.24) is 37.2 Å². The molecule has 75 heavy (non-hydrogen) atoms. The molecular formula is C48H79N11O16. The van der Waals surface area contributed by atoms with E-state index in [-0.39, 0.29) is 12.8 Å². The lowest BCUT2D eigenvalue weighted by Crippen LogP contribution is -2.61. The minimum Gasteiger partial charge on any atom is -0.497 e. The first-order chi connectivity index (χ1) is 35.5. The number of primary amides is 3. The molecule has 10 amide bonds. The van der Waals surface area contributed by atoms with E-state index < -0.39 is 158 Å². The van der Waals surface area contributed by atoms with Crippen LogP contribution in [0.3, 0.4) is 0 Å². The number of carbonyl (C=O) groups is 11. The number of hydrogen-bond acceptors (Lipinski definition) is 17. The highest BCUT2D eigenvalue weighted by molar-refractivity contribution is 5.99. The normalized spacial score (nSPS) is 14.6. The molecule has 1 aromatic carbocycles. The molecule has 0 spiro atoms. The molecule has 9 atom stereocenters. The summed E-state index contributed by atoms with van der Waals surface area (Å²) in [6.07, 6.45) is 5.70. The Labute approximate surface area is 435 Å². The molecule has 0 aromatic heterocycles. The largest absolute Gasteiger partial charge is 0.497 e. The lowest BCUT2D eigenvalue weighted by Gasteiger charge is -2.27. The molecule has 0 fully saturated rings. The van der Waals surface area contributed by atoms with Gasteiger partial charge in [0.2, 0.25) is 59.1 Å². The number of nitrogens with one attached hydrogen (secondary N) is 7. The summed E-state index contributed by atoms with van der Waals surface area (Å²) in [5.41, 5.74) is 22.6. The van der Waals surface area contributed by atoms with Gasteiger partial charge in [0.25, 0.3) is 0 Å². The zero-order chi connectivity index (χ0) is 56.6. The van der Waals surface area contributed by atoms with Crippen LogP contribution in [0.15, 0.2) is 24.3 Å². The van der Waals surface area contributed by atoms with Crippen molar-refractivity contribution in [3.05, 3.63) is 29.8 Å². The number of benzene rings is 1. The van der Waals surface area contributed by atoms with Crippen molar-refractivity contribution in [2.45, 2.75) is 171 Å². The molecule has 27 nitrogen and oxygen atoms in total. The highest BCUT2D eigenvalue weighted by Crippen LogP contribution is 2.15. The van der Waals surface area contributed by atoms with Crippen LogP contribution in [-0.4, -0.2) is 162 Å². The van der Waals surface area contributed by atoms with Gasteiger partial charge in [-0.1, -0.05) is 76.8 Å². The van der Waals surface area contributed by atoms with Gasteiger partial charge in [0.05, 0.1) is 46.4 Å². The van der Waals surface area contributed by atoms with Gasteiger partial charge in [-0.05, 0) is 37.5 Å². The number of esters is 1. The number of carbonyl (C=O) groups excluding carboxylic acids is 11. The Bertz CT molecular complexity index is 2040. The van der Waals surface area contributed by atoms with Gasteiger partial charge in [0, 0.05) is 25.3 Å². The van der Waals surface area contributed by atoms with E-state index in [9.17, 15) is 68.1 Å². The van der Waals surface area contributed by atoms with Crippen LogP contribution in [0.4, 0.5) is 0 Å². The van der Waals surface area contributed by atoms with Gasteiger partial charge in [-0.15, -0.1) is 0 Å². The number of rotatable bonds is 39. The van der Waals surface area contributed by atoms with E-state index >= 15 is 0 Å². The predicted molar refractivity (Wildman–Crippen MR) is 269 cm³/mol. The number of unbranched alkanes of at least 4 members (excludes halogenated alkanes) is 8. The lowest BCUT2D eigenvalue weighted by molar-refractivity contribution is -0.144. The molecule has 0 radical (unpaired) electrons. The van der Waals surface area contributed by atoms with Crippen molar-refractivity contribution in [2.75, 3.05) is 27.4 Å². The highest BCUT2D eigenvalue weighted by Gasteiger charge is 2.35. The fourth-order valence-corrected chi connectivity index (χ4v) is 7.38. The van der Waals surface area contributed by atoms with Crippen molar-refractivity contribution < 1.29 is 77.5 Å². The summed E-state index contributed by atoms with van der Waals surface area (Å²) in [7, 11) is 2.48. The SMILES string of the molecule is CCCCCCCCCCCC(N)CC(=O)N[C@@H](CC(=O)OC)C(=O)N[C@@H](Cc1ccc(OC)cc1)C(=O)N[C@@H](CC(N)=O)C(=O)N[C@@H](CO)C(=O)N[C@@H](CCC(N)=O)C(=O)N[C@@H](CO)C(=O)N[C@H](C(N)=O)[C@@H](C)O. The molecule has 0 heterocycles. The summed E-state index contributed by atoms with van der Waals surface area (Å²) in [5.74, 6) is -11.5. The van der Waals surface area contributed by atoms with Crippen LogP contribution >= 0.6 is 0 Å². The average Bonchev–Trinajstić information content (AvgIpc) is 3.35. The lowest BCUT2D eigenvalue weighted by atomic mass is 10.0. The maximum atomic E-state index is 14.1. The number of nitrogens with two attached hydrogens (primary N) is 4. The second kappa shape index (κ2) is 36.1. The minimum absolute atomic E-state index is 0.190. The Hall–Kier alpha value is -6.97. The van der Waals surface area contributed by atoms with Gasteiger partial charge in [-0.25, -0.2) is 0 Å². The number of hydrogen-bond donors (Lipinski definition) is 14. The van der Waals surface area contributed by atoms with Crippen LogP contribution in [0.5, 0.6) is 5.75 Å². The maximum Gasteiger partial charge on any atom is 0.308 e. The molecular weight excluding hydrogens is 987 g/mol.